The van der Waals surface area contributed by atoms with E-state index in [2.05, 4.69) is 13.2 Å². The Hall–Kier alpha value is -0.800. The molecule has 0 N–H and O–H groups in total. The minimum absolute atomic E-state index is 0.0183. The lowest BCUT2D eigenvalue weighted by molar-refractivity contribution is 0.615. The molecule has 0 bridgehead atoms. The molecule has 0 rings (SSSR count). The van der Waals surface area contributed by atoms with E-state index in [1.165, 1.54) is 12.2 Å². The van der Waals surface area contributed by atoms with Crippen LogP contribution in [0.15, 0.2) is 47.4 Å². The van der Waals surface area contributed by atoms with Crippen molar-refractivity contribution in [1.29, 1.82) is 0 Å². The lowest BCUT2D eigenvalue weighted by Crippen LogP contribution is -1.93. The number of allylic oxidation sites excluding steroid dienone is 5. The van der Waals surface area contributed by atoms with Gasteiger partial charge in [0, 0.05) is 10.7 Å². The zero-order valence-corrected chi connectivity index (χ0v) is 9.82. The fourth-order valence-electron chi connectivity index (χ4n) is 0.835. The van der Waals surface area contributed by atoms with Gasteiger partial charge in [-0.1, -0.05) is 24.8 Å². The molecule has 0 unspecified atom stereocenters. The number of rotatable bonds is 4. The molecule has 0 radical (unpaired) electrons. The van der Waals surface area contributed by atoms with Gasteiger partial charge in [0.15, 0.2) is 0 Å². The first-order valence-electron chi connectivity index (χ1n) is 3.94. The molecule has 2 nitrogen and oxygen atoms in total. The molecule has 0 aliphatic heterocycles. The lowest BCUT2D eigenvalue weighted by atomic mass is 10.1. The molecule has 0 aromatic heterocycles. The fraction of sp³-hybridized carbons (Fsp3) is 0.200. The summed E-state index contributed by atoms with van der Waals surface area (Å²) in [6.07, 6.45) is 4.40. The maximum atomic E-state index is 11.0. The summed E-state index contributed by atoms with van der Waals surface area (Å²) in [7, 11) is 1.46. The van der Waals surface area contributed by atoms with Crippen molar-refractivity contribution in [3.05, 3.63) is 47.4 Å². The summed E-state index contributed by atoms with van der Waals surface area (Å²) < 4.78 is 22.0. The summed E-state index contributed by atoms with van der Waals surface area (Å²) in [5.74, 6) is 0. The SMILES string of the molecule is C=C/C(=C\C(=C/C)C(=C)C)S(=O)(=O)Cl. The Balaban J connectivity index is 5.36. The molecule has 0 atom stereocenters. The highest BCUT2D eigenvalue weighted by Crippen LogP contribution is 2.18. The van der Waals surface area contributed by atoms with E-state index in [4.69, 9.17) is 10.7 Å². The van der Waals surface area contributed by atoms with E-state index in [0.29, 0.717) is 0 Å². The Morgan fingerprint density at radius 2 is 1.93 bits per heavy atom. The molecule has 0 heterocycles. The number of hydrogen-bond acceptors (Lipinski definition) is 2. The van der Waals surface area contributed by atoms with Crippen LogP contribution in [0.3, 0.4) is 0 Å². The van der Waals surface area contributed by atoms with Crippen LogP contribution < -0.4 is 0 Å². The van der Waals surface area contributed by atoms with Crippen LogP contribution in [-0.4, -0.2) is 8.42 Å². The monoisotopic (exact) mass is 232 g/mol. The van der Waals surface area contributed by atoms with Crippen molar-refractivity contribution in [2.75, 3.05) is 0 Å². The third kappa shape index (κ3) is 3.94. The Kier molecular flexibility index (Phi) is 4.88. The Bertz CT molecular complexity index is 400. The average molecular weight is 233 g/mol. The third-order valence-corrected chi connectivity index (χ3v) is 2.97. The molecule has 0 aromatic carbocycles. The first-order valence-corrected chi connectivity index (χ1v) is 6.24. The van der Waals surface area contributed by atoms with Crippen LogP contribution in [0, 0.1) is 0 Å². The van der Waals surface area contributed by atoms with Gasteiger partial charge in [0.05, 0.1) is 4.91 Å². The van der Waals surface area contributed by atoms with Crippen LogP contribution >= 0.6 is 10.7 Å². The molecule has 78 valence electrons. The zero-order valence-electron chi connectivity index (χ0n) is 8.25. The largest absolute Gasteiger partial charge is 0.261 e. The van der Waals surface area contributed by atoms with Gasteiger partial charge in [-0.05, 0) is 31.6 Å². The maximum absolute atomic E-state index is 11.0. The van der Waals surface area contributed by atoms with Gasteiger partial charge in [-0.2, -0.15) is 0 Å². The second-order valence-electron chi connectivity index (χ2n) is 2.71. The van der Waals surface area contributed by atoms with Crippen molar-refractivity contribution < 1.29 is 8.42 Å². The van der Waals surface area contributed by atoms with Crippen LogP contribution in [0.25, 0.3) is 0 Å². The van der Waals surface area contributed by atoms with Crippen molar-refractivity contribution in [1.82, 2.24) is 0 Å². The normalized spacial score (nSPS) is 13.9. The van der Waals surface area contributed by atoms with Crippen LogP contribution in [-0.2, 0) is 9.05 Å². The van der Waals surface area contributed by atoms with E-state index in [1.807, 2.05) is 0 Å². The van der Waals surface area contributed by atoms with E-state index < -0.39 is 9.05 Å². The highest BCUT2D eigenvalue weighted by Gasteiger charge is 2.10. The topological polar surface area (TPSA) is 34.1 Å². The predicted molar refractivity (Wildman–Crippen MR) is 61.6 cm³/mol. The minimum atomic E-state index is -3.72. The van der Waals surface area contributed by atoms with Gasteiger partial charge in [0.2, 0.25) is 0 Å². The maximum Gasteiger partial charge on any atom is 0.261 e. The Morgan fingerprint density at radius 3 is 2.14 bits per heavy atom. The van der Waals surface area contributed by atoms with Crippen molar-refractivity contribution >= 4 is 19.7 Å². The lowest BCUT2D eigenvalue weighted by Gasteiger charge is -2.01. The van der Waals surface area contributed by atoms with Gasteiger partial charge in [-0.3, -0.25) is 0 Å². The molecule has 4 heteroatoms. The molecule has 0 fully saturated rings. The summed E-state index contributed by atoms with van der Waals surface area (Å²) in [6.45, 7) is 10.7. The summed E-state index contributed by atoms with van der Waals surface area (Å²) in [5, 5.41) is 0. The van der Waals surface area contributed by atoms with E-state index in [1.54, 1.807) is 19.9 Å². The zero-order chi connectivity index (χ0) is 11.4. The molecular weight excluding hydrogens is 220 g/mol. The van der Waals surface area contributed by atoms with Crippen LogP contribution in [0.2, 0.25) is 0 Å². The van der Waals surface area contributed by atoms with Gasteiger partial charge in [-0.25, -0.2) is 8.42 Å². The second kappa shape index (κ2) is 5.17. The number of hydrogen-bond donors (Lipinski definition) is 0. The summed E-state index contributed by atoms with van der Waals surface area (Å²) in [4.78, 5) is -0.0183. The van der Waals surface area contributed by atoms with E-state index in [-0.39, 0.29) is 4.91 Å². The summed E-state index contributed by atoms with van der Waals surface area (Å²) in [5.41, 5.74) is 1.50. The Labute approximate surface area is 89.7 Å². The molecule has 0 amide bonds. The quantitative estimate of drug-likeness (QED) is 0.551. The molecular formula is C10H13ClO2S. The smallest absolute Gasteiger partial charge is 0.207 e. The van der Waals surface area contributed by atoms with Crippen molar-refractivity contribution in [3.63, 3.8) is 0 Å². The van der Waals surface area contributed by atoms with E-state index in [0.717, 1.165) is 11.1 Å². The molecule has 0 aliphatic rings. The first-order chi connectivity index (χ1) is 6.32. The van der Waals surface area contributed by atoms with Crippen LogP contribution in [0.4, 0.5) is 0 Å². The molecule has 0 saturated carbocycles. The summed E-state index contributed by atoms with van der Waals surface area (Å²) in [6, 6.07) is 0. The number of halogens is 1. The molecule has 0 aliphatic carbocycles. The second-order valence-corrected chi connectivity index (χ2v) is 5.28. The van der Waals surface area contributed by atoms with Crippen molar-refractivity contribution in [2.24, 2.45) is 0 Å². The minimum Gasteiger partial charge on any atom is -0.207 e. The molecule has 0 spiro atoms. The van der Waals surface area contributed by atoms with Gasteiger partial charge in [0.25, 0.3) is 9.05 Å². The molecule has 14 heavy (non-hydrogen) atoms. The van der Waals surface area contributed by atoms with Crippen molar-refractivity contribution in [3.8, 4) is 0 Å². The highest BCUT2D eigenvalue weighted by molar-refractivity contribution is 8.17. The van der Waals surface area contributed by atoms with Gasteiger partial charge >= 0.3 is 0 Å². The summed E-state index contributed by atoms with van der Waals surface area (Å²) >= 11 is 0. The predicted octanol–water partition coefficient (Wildman–Crippen LogP) is 3.15. The van der Waals surface area contributed by atoms with E-state index >= 15 is 0 Å². The average Bonchev–Trinajstić information content (AvgIpc) is 2.03. The molecule has 0 saturated heterocycles. The van der Waals surface area contributed by atoms with Gasteiger partial charge in [-0.15, -0.1) is 0 Å². The standard InChI is InChI=1S/C10H13ClO2S/c1-5-9(8(3)4)7-10(6-2)14(11,12)13/h5-7H,2-3H2,1,4H3/b9-5+,10-7+. The van der Waals surface area contributed by atoms with Gasteiger partial charge < -0.3 is 0 Å². The van der Waals surface area contributed by atoms with Gasteiger partial charge in [0.1, 0.15) is 0 Å². The third-order valence-electron chi connectivity index (χ3n) is 1.58. The van der Waals surface area contributed by atoms with Crippen LogP contribution in [0.5, 0.6) is 0 Å². The van der Waals surface area contributed by atoms with E-state index in [9.17, 15) is 8.42 Å². The fourth-order valence-corrected chi connectivity index (χ4v) is 1.62. The Morgan fingerprint density at radius 1 is 1.43 bits per heavy atom. The first kappa shape index (κ1) is 13.2. The highest BCUT2D eigenvalue weighted by atomic mass is 35.7. The van der Waals surface area contributed by atoms with Crippen molar-refractivity contribution in [2.45, 2.75) is 13.8 Å². The van der Waals surface area contributed by atoms with Crippen LogP contribution in [0.1, 0.15) is 13.8 Å². The molecule has 0 aromatic rings.